The standard InChI is InChI=1S/C14H11N3.H2/c1-3-10-11(4-2)16-14-13(15-10)9-7-5-6-8-12(9)17-14;/h3-8H,1-2H2,(H,16,17);1H. The van der Waals surface area contributed by atoms with E-state index in [0.29, 0.717) is 0 Å². The predicted octanol–water partition coefficient (Wildman–Crippen LogP) is 3.64. The van der Waals surface area contributed by atoms with Crippen molar-refractivity contribution in [1.82, 2.24) is 15.0 Å². The van der Waals surface area contributed by atoms with E-state index in [0.717, 1.165) is 33.5 Å². The van der Waals surface area contributed by atoms with Crippen LogP contribution in [0.15, 0.2) is 37.4 Å². The summed E-state index contributed by atoms with van der Waals surface area (Å²) in [7, 11) is 0. The number of hydrogen-bond donors (Lipinski definition) is 1. The molecule has 0 aliphatic carbocycles. The monoisotopic (exact) mass is 223 g/mol. The zero-order valence-electron chi connectivity index (χ0n) is 9.27. The first-order valence-corrected chi connectivity index (χ1v) is 5.37. The van der Waals surface area contributed by atoms with Crippen molar-refractivity contribution < 1.29 is 1.43 Å². The van der Waals surface area contributed by atoms with Gasteiger partial charge in [0.15, 0.2) is 5.65 Å². The molecule has 0 unspecified atom stereocenters. The van der Waals surface area contributed by atoms with Gasteiger partial charge in [-0.3, -0.25) is 0 Å². The summed E-state index contributed by atoms with van der Waals surface area (Å²) in [5.74, 6) is 0. The highest BCUT2D eigenvalue weighted by molar-refractivity contribution is 6.03. The number of hydrogen-bond acceptors (Lipinski definition) is 2. The number of fused-ring (bicyclic) bond motifs is 3. The summed E-state index contributed by atoms with van der Waals surface area (Å²) in [6.45, 7) is 7.49. The van der Waals surface area contributed by atoms with Crippen LogP contribution in [0.2, 0.25) is 0 Å². The molecule has 0 aliphatic heterocycles. The Labute approximate surface area is 100 Å². The van der Waals surface area contributed by atoms with Gasteiger partial charge in [0.1, 0.15) is 5.52 Å². The van der Waals surface area contributed by atoms with Crippen molar-refractivity contribution in [2.75, 3.05) is 0 Å². The summed E-state index contributed by atoms with van der Waals surface area (Å²) in [6, 6.07) is 8.02. The molecular formula is C14H13N3. The van der Waals surface area contributed by atoms with Gasteiger partial charge in [-0.25, -0.2) is 9.97 Å². The van der Waals surface area contributed by atoms with E-state index in [1.165, 1.54) is 0 Å². The molecule has 84 valence electrons. The first-order chi connectivity index (χ1) is 8.33. The van der Waals surface area contributed by atoms with Crippen LogP contribution >= 0.6 is 0 Å². The Morgan fingerprint density at radius 3 is 2.53 bits per heavy atom. The molecule has 1 N–H and O–H groups in total. The maximum atomic E-state index is 4.57. The van der Waals surface area contributed by atoms with Crippen LogP contribution in [0.3, 0.4) is 0 Å². The minimum atomic E-state index is 0. The van der Waals surface area contributed by atoms with Gasteiger partial charge in [-0.05, 0) is 18.2 Å². The smallest absolute Gasteiger partial charge is 0.157 e. The van der Waals surface area contributed by atoms with E-state index in [2.05, 4.69) is 28.1 Å². The Balaban J connectivity index is 0.00000120. The number of nitrogens with zero attached hydrogens (tertiary/aromatic N) is 2. The highest BCUT2D eigenvalue weighted by Crippen LogP contribution is 2.23. The third-order valence-electron chi connectivity index (χ3n) is 2.77. The molecule has 1 aromatic carbocycles. The molecule has 17 heavy (non-hydrogen) atoms. The van der Waals surface area contributed by atoms with Crippen molar-refractivity contribution in [3.8, 4) is 0 Å². The molecule has 2 aromatic heterocycles. The number of aromatic amines is 1. The topological polar surface area (TPSA) is 41.6 Å². The summed E-state index contributed by atoms with van der Waals surface area (Å²) in [4.78, 5) is 12.3. The summed E-state index contributed by atoms with van der Waals surface area (Å²) in [6.07, 6.45) is 3.39. The van der Waals surface area contributed by atoms with Crippen molar-refractivity contribution in [2.45, 2.75) is 0 Å². The van der Waals surface area contributed by atoms with E-state index in [4.69, 9.17) is 0 Å². The van der Waals surface area contributed by atoms with Gasteiger partial charge in [0, 0.05) is 12.3 Å². The SMILES string of the molecule is C=Cc1nc2[nH]c3ccccc3c2nc1C=C.[HH]. The number of benzene rings is 1. The lowest BCUT2D eigenvalue weighted by molar-refractivity contribution is 1.23. The van der Waals surface area contributed by atoms with Gasteiger partial charge in [0.05, 0.1) is 11.4 Å². The van der Waals surface area contributed by atoms with Crippen molar-refractivity contribution >= 4 is 34.2 Å². The first kappa shape index (κ1) is 9.78. The molecular weight excluding hydrogens is 210 g/mol. The number of aromatic nitrogens is 3. The molecule has 0 saturated heterocycles. The molecule has 0 atom stereocenters. The van der Waals surface area contributed by atoms with Crippen LogP contribution in [0, 0.1) is 0 Å². The molecule has 0 amide bonds. The number of H-pyrrole nitrogens is 1. The number of rotatable bonds is 2. The Morgan fingerprint density at radius 1 is 1.06 bits per heavy atom. The predicted molar refractivity (Wildman–Crippen MR) is 73.7 cm³/mol. The maximum Gasteiger partial charge on any atom is 0.157 e. The van der Waals surface area contributed by atoms with Crippen LogP contribution in [0.1, 0.15) is 12.8 Å². The minimum Gasteiger partial charge on any atom is -0.338 e. The Hall–Kier alpha value is -2.42. The Bertz CT molecular complexity index is 743. The lowest BCUT2D eigenvalue weighted by Crippen LogP contribution is -1.91. The molecule has 0 saturated carbocycles. The molecule has 3 heteroatoms. The molecule has 0 bridgehead atoms. The quantitative estimate of drug-likeness (QED) is 0.720. The second-order valence-corrected chi connectivity index (χ2v) is 3.77. The molecule has 0 fully saturated rings. The van der Waals surface area contributed by atoms with Crippen LogP contribution in [0.25, 0.3) is 34.2 Å². The molecule has 3 rings (SSSR count). The van der Waals surface area contributed by atoms with E-state index in [1.807, 2.05) is 24.3 Å². The zero-order valence-corrected chi connectivity index (χ0v) is 9.27. The number of para-hydroxylation sites is 1. The minimum absolute atomic E-state index is 0. The first-order valence-electron chi connectivity index (χ1n) is 5.37. The van der Waals surface area contributed by atoms with Gasteiger partial charge in [-0.1, -0.05) is 31.4 Å². The van der Waals surface area contributed by atoms with E-state index in [-0.39, 0.29) is 1.43 Å². The van der Waals surface area contributed by atoms with E-state index in [9.17, 15) is 0 Å². The Kier molecular flexibility index (Phi) is 2.05. The molecule has 0 radical (unpaired) electrons. The molecule has 3 nitrogen and oxygen atoms in total. The molecule has 2 heterocycles. The Morgan fingerprint density at radius 2 is 1.76 bits per heavy atom. The van der Waals surface area contributed by atoms with Crippen LogP contribution in [-0.2, 0) is 0 Å². The lowest BCUT2D eigenvalue weighted by atomic mass is 10.2. The fourth-order valence-corrected chi connectivity index (χ4v) is 1.96. The van der Waals surface area contributed by atoms with Crippen LogP contribution in [0.4, 0.5) is 0 Å². The van der Waals surface area contributed by atoms with Crippen LogP contribution in [0.5, 0.6) is 0 Å². The van der Waals surface area contributed by atoms with E-state index < -0.39 is 0 Å². The fourth-order valence-electron chi connectivity index (χ4n) is 1.96. The van der Waals surface area contributed by atoms with Gasteiger partial charge in [-0.15, -0.1) is 0 Å². The van der Waals surface area contributed by atoms with Gasteiger partial charge in [0.25, 0.3) is 0 Å². The molecule has 0 aliphatic rings. The molecule has 3 aromatic rings. The third kappa shape index (κ3) is 1.36. The van der Waals surface area contributed by atoms with Crippen molar-refractivity contribution in [2.24, 2.45) is 0 Å². The molecule has 0 spiro atoms. The van der Waals surface area contributed by atoms with Gasteiger partial charge >= 0.3 is 0 Å². The summed E-state index contributed by atoms with van der Waals surface area (Å²) in [5.41, 5.74) is 4.21. The average molecular weight is 223 g/mol. The van der Waals surface area contributed by atoms with Gasteiger partial charge in [0.2, 0.25) is 0 Å². The van der Waals surface area contributed by atoms with Crippen molar-refractivity contribution in [3.05, 3.63) is 48.8 Å². The largest absolute Gasteiger partial charge is 0.338 e. The normalized spacial score (nSPS) is 10.8. The fraction of sp³-hybridized carbons (Fsp3) is 0. The van der Waals surface area contributed by atoms with Crippen molar-refractivity contribution in [1.29, 1.82) is 0 Å². The second kappa shape index (κ2) is 3.56. The van der Waals surface area contributed by atoms with Gasteiger partial charge in [-0.2, -0.15) is 0 Å². The highest BCUT2D eigenvalue weighted by Gasteiger charge is 2.09. The van der Waals surface area contributed by atoms with E-state index in [1.54, 1.807) is 12.2 Å². The van der Waals surface area contributed by atoms with E-state index >= 15 is 0 Å². The summed E-state index contributed by atoms with van der Waals surface area (Å²) in [5, 5.41) is 1.08. The number of nitrogens with one attached hydrogen (secondary N) is 1. The highest BCUT2D eigenvalue weighted by atomic mass is 14.9. The lowest BCUT2D eigenvalue weighted by Gasteiger charge is -1.99. The van der Waals surface area contributed by atoms with Crippen LogP contribution < -0.4 is 0 Å². The van der Waals surface area contributed by atoms with Crippen molar-refractivity contribution in [3.63, 3.8) is 0 Å². The van der Waals surface area contributed by atoms with Crippen LogP contribution in [-0.4, -0.2) is 15.0 Å². The van der Waals surface area contributed by atoms with Gasteiger partial charge < -0.3 is 4.98 Å². The summed E-state index contributed by atoms with van der Waals surface area (Å²) < 4.78 is 0. The zero-order chi connectivity index (χ0) is 11.8. The third-order valence-corrected chi connectivity index (χ3v) is 2.77. The maximum absolute atomic E-state index is 4.57. The second-order valence-electron chi connectivity index (χ2n) is 3.77. The average Bonchev–Trinajstić information content (AvgIpc) is 2.74. The summed E-state index contributed by atoms with van der Waals surface area (Å²) >= 11 is 0.